The van der Waals surface area contributed by atoms with Crippen LogP contribution in [0.25, 0.3) is 0 Å². The Labute approximate surface area is 345 Å². The van der Waals surface area contributed by atoms with E-state index in [9.17, 15) is 19.2 Å². The monoisotopic (exact) mass is 803 g/mol. The van der Waals surface area contributed by atoms with Crippen molar-refractivity contribution in [3.63, 3.8) is 0 Å². The SMILES string of the molecule is CCC(C)(C)C(=O)O.CCC(C)(C)C(=O)OCCO.CCC(C)(C)C(=O)OCCOc1ccc(C(C)(C)c2ccccc2)cc1.CCCCOC(=O)C(C)(C)CC. The van der Waals surface area contributed by atoms with Crippen LogP contribution in [-0.4, -0.2) is 67.1 Å². The number of hydrogen-bond acceptors (Lipinski definition) is 9. The summed E-state index contributed by atoms with van der Waals surface area (Å²) in [6, 6.07) is 18.6. The van der Waals surface area contributed by atoms with Crippen molar-refractivity contribution < 1.29 is 48.3 Å². The van der Waals surface area contributed by atoms with E-state index in [0.29, 0.717) is 19.6 Å². The summed E-state index contributed by atoms with van der Waals surface area (Å²) < 4.78 is 20.8. The van der Waals surface area contributed by atoms with Crippen molar-refractivity contribution in [2.75, 3.05) is 33.0 Å². The third-order valence-corrected chi connectivity index (χ3v) is 10.5. The van der Waals surface area contributed by atoms with Crippen LogP contribution in [0.3, 0.4) is 0 Å². The van der Waals surface area contributed by atoms with Crippen molar-refractivity contribution in [1.82, 2.24) is 0 Å². The molecule has 10 nitrogen and oxygen atoms in total. The van der Waals surface area contributed by atoms with Crippen LogP contribution in [0.1, 0.15) is 154 Å². The molecule has 0 radical (unpaired) electrons. The minimum absolute atomic E-state index is 0.0684. The molecule has 0 fully saturated rings. The smallest absolute Gasteiger partial charge is 0.311 e. The van der Waals surface area contributed by atoms with Crippen molar-refractivity contribution in [2.45, 2.75) is 148 Å². The van der Waals surface area contributed by atoms with Crippen molar-refractivity contribution >= 4 is 23.9 Å². The highest BCUT2D eigenvalue weighted by atomic mass is 16.6. The van der Waals surface area contributed by atoms with Gasteiger partial charge in [-0.1, -0.05) is 97.4 Å². The molecule has 0 saturated heterocycles. The van der Waals surface area contributed by atoms with E-state index in [1.54, 1.807) is 13.8 Å². The van der Waals surface area contributed by atoms with Gasteiger partial charge in [0.2, 0.25) is 0 Å². The van der Waals surface area contributed by atoms with Crippen LogP contribution < -0.4 is 4.74 Å². The van der Waals surface area contributed by atoms with Crippen LogP contribution >= 0.6 is 0 Å². The first-order valence-electron chi connectivity index (χ1n) is 20.5. The molecule has 0 heterocycles. The third-order valence-electron chi connectivity index (χ3n) is 10.5. The number of ether oxygens (including phenoxy) is 4. The van der Waals surface area contributed by atoms with Crippen LogP contribution in [0.4, 0.5) is 0 Å². The number of aliphatic hydroxyl groups excluding tert-OH is 1. The van der Waals surface area contributed by atoms with Crippen LogP contribution in [0.5, 0.6) is 5.75 Å². The lowest BCUT2D eigenvalue weighted by Gasteiger charge is -2.26. The van der Waals surface area contributed by atoms with Gasteiger partial charge in [0.1, 0.15) is 25.6 Å². The van der Waals surface area contributed by atoms with Gasteiger partial charge in [-0.25, -0.2) is 0 Å². The molecule has 0 aliphatic carbocycles. The van der Waals surface area contributed by atoms with Gasteiger partial charge in [-0.05, 0) is 111 Å². The lowest BCUT2D eigenvalue weighted by Crippen LogP contribution is -2.27. The maximum Gasteiger partial charge on any atom is 0.311 e. The summed E-state index contributed by atoms with van der Waals surface area (Å²) >= 11 is 0. The zero-order valence-corrected chi connectivity index (χ0v) is 38.1. The third kappa shape index (κ3) is 21.4. The van der Waals surface area contributed by atoms with Gasteiger partial charge in [0.25, 0.3) is 0 Å². The quantitative estimate of drug-likeness (QED) is 0.0799. The molecule has 2 N–H and O–H groups in total. The minimum Gasteiger partial charge on any atom is -0.490 e. The predicted molar refractivity (Wildman–Crippen MR) is 229 cm³/mol. The second-order valence-electron chi connectivity index (χ2n) is 17.1. The van der Waals surface area contributed by atoms with Crippen LogP contribution in [0.15, 0.2) is 54.6 Å². The first-order chi connectivity index (χ1) is 26.4. The number of aliphatic hydroxyl groups is 1. The van der Waals surface area contributed by atoms with Gasteiger partial charge in [-0.3, -0.25) is 19.2 Å². The summed E-state index contributed by atoms with van der Waals surface area (Å²) in [5.41, 5.74) is 0.723. The van der Waals surface area contributed by atoms with E-state index in [-0.39, 0.29) is 48.6 Å². The van der Waals surface area contributed by atoms with E-state index >= 15 is 0 Å². The molecule has 10 heteroatoms. The molecular weight excluding hydrogens is 725 g/mol. The topological polar surface area (TPSA) is 146 Å². The number of carboxylic acids is 1. The van der Waals surface area contributed by atoms with Gasteiger partial charge in [0.05, 0.1) is 34.9 Å². The Morgan fingerprint density at radius 1 is 0.509 bits per heavy atom. The van der Waals surface area contributed by atoms with Crippen molar-refractivity contribution in [2.24, 2.45) is 21.7 Å². The van der Waals surface area contributed by atoms with E-state index in [2.05, 4.69) is 57.2 Å². The first kappa shape index (κ1) is 55.2. The van der Waals surface area contributed by atoms with Gasteiger partial charge in [0, 0.05) is 5.41 Å². The zero-order valence-electron chi connectivity index (χ0n) is 38.1. The molecule has 2 aromatic rings. The number of carbonyl (C=O) groups is 4. The molecule has 0 atom stereocenters. The molecule has 57 heavy (non-hydrogen) atoms. The second kappa shape index (κ2) is 26.9. The van der Waals surface area contributed by atoms with Crippen molar-refractivity contribution in [3.05, 3.63) is 65.7 Å². The number of unbranched alkanes of at least 4 members (excludes halogenated alkanes) is 1. The summed E-state index contributed by atoms with van der Waals surface area (Å²) in [7, 11) is 0. The Balaban J connectivity index is 0. The Hall–Kier alpha value is -3.92. The maximum atomic E-state index is 11.9. The number of carbonyl (C=O) groups excluding carboxylic acids is 3. The highest BCUT2D eigenvalue weighted by Crippen LogP contribution is 2.32. The molecular formula is C47H78O10. The molecule has 0 unspecified atom stereocenters. The molecule has 0 spiro atoms. The number of hydrogen-bond donors (Lipinski definition) is 2. The van der Waals surface area contributed by atoms with Crippen LogP contribution in [-0.2, 0) is 38.8 Å². The van der Waals surface area contributed by atoms with Crippen molar-refractivity contribution in [1.29, 1.82) is 0 Å². The zero-order chi connectivity index (χ0) is 44.5. The van der Waals surface area contributed by atoms with Gasteiger partial charge in [-0.2, -0.15) is 0 Å². The highest BCUT2D eigenvalue weighted by molar-refractivity contribution is 5.76. The van der Waals surface area contributed by atoms with E-state index in [4.69, 9.17) is 29.2 Å². The molecule has 0 saturated carbocycles. The van der Waals surface area contributed by atoms with Gasteiger partial charge < -0.3 is 29.2 Å². The Kier molecular flexibility index (Phi) is 26.0. The summed E-state index contributed by atoms with van der Waals surface area (Å²) in [5, 5.41) is 16.8. The normalized spacial score (nSPS) is 11.6. The fourth-order valence-corrected chi connectivity index (χ4v) is 3.90. The fraction of sp³-hybridized carbons (Fsp3) is 0.660. The minimum atomic E-state index is -0.722. The summed E-state index contributed by atoms with van der Waals surface area (Å²) in [5.74, 6) is -0.431. The van der Waals surface area contributed by atoms with E-state index < -0.39 is 22.2 Å². The van der Waals surface area contributed by atoms with Crippen molar-refractivity contribution in [3.8, 4) is 5.75 Å². The number of rotatable bonds is 19. The van der Waals surface area contributed by atoms with E-state index in [0.717, 1.165) is 37.9 Å². The number of esters is 3. The standard InChI is InChI=1S/C23H30O3.C10H20O2.C8H16O3.C6H12O2/c1-6-22(2,3)21(24)26-17-16-25-20-14-12-19(13-15-20)23(4,5)18-10-8-7-9-11-18;1-5-7-8-12-9(11)10(3,4)6-2;1-4-8(2,3)7(10)11-6-5-9;1-4-6(2,3)5(7)8/h7-15H,6,16-17H2,1-5H3;5-8H2,1-4H3;9H,4-6H2,1-3H3;4H2,1-3H3,(H,7,8). The van der Waals surface area contributed by atoms with Gasteiger partial charge in [-0.15, -0.1) is 0 Å². The average Bonchev–Trinajstić information content (AvgIpc) is 3.19. The first-order valence-corrected chi connectivity index (χ1v) is 20.5. The Bertz CT molecular complexity index is 1420. The summed E-state index contributed by atoms with van der Waals surface area (Å²) in [4.78, 5) is 44.6. The molecule has 0 aliphatic heterocycles. The molecule has 0 aliphatic rings. The molecule has 2 rings (SSSR count). The van der Waals surface area contributed by atoms with E-state index in [1.807, 2.05) is 87.4 Å². The summed E-state index contributed by atoms with van der Waals surface area (Å²) in [6.07, 6.45) is 5.05. The van der Waals surface area contributed by atoms with Crippen LogP contribution in [0.2, 0.25) is 0 Å². The average molecular weight is 803 g/mol. The molecule has 0 bridgehead atoms. The van der Waals surface area contributed by atoms with E-state index in [1.165, 1.54) is 11.1 Å². The predicted octanol–water partition coefficient (Wildman–Crippen LogP) is 10.6. The lowest BCUT2D eigenvalue weighted by molar-refractivity contribution is -0.155. The second-order valence-corrected chi connectivity index (χ2v) is 17.1. The highest BCUT2D eigenvalue weighted by Gasteiger charge is 2.29. The molecule has 2 aromatic carbocycles. The number of carboxylic acid groups (broad SMARTS) is 1. The largest absolute Gasteiger partial charge is 0.490 e. The Morgan fingerprint density at radius 2 is 0.895 bits per heavy atom. The molecule has 326 valence electrons. The molecule has 0 amide bonds. The maximum absolute atomic E-state index is 11.9. The van der Waals surface area contributed by atoms with Gasteiger partial charge >= 0.3 is 23.9 Å². The molecule has 0 aromatic heterocycles. The lowest BCUT2D eigenvalue weighted by atomic mass is 9.78. The number of benzene rings is 2. The fourth-order valence-electron chi connectivity index (χ4n) is 3.90. The number of aliphatic carboxylic acids is 1. The van der Waals surface area contributed by atoms with Crippen LogP contribution in [0, 0.1) is 21.7 Å². The summed E-state index contributed by atoms with van der Waals surface area (Å²) in [6.45, 7) is 30.2. The Morgan fingerprint density at radius 3 is 1.25 bits per heavy atom. The van der Waals surface area contributed by atoms with Gasteiger partial charge in [0.15, 0.2) is 0 Å².